The highest BCUT2D eigenvalue weighted by Gasteiger charge is 2.44. The summed E-state index contributed by atoms with van der Waals surface area (Å²) < 4.78 is 10.4. The Morgan fingerprint density at radius 1 is 1.30 bits per heavy atom. The molecule has 0 amide bonds. The minimum absolute atomic E-state index is 0.107. The maximum absolute atomic E-state index is 12.2. The molecule has 0 fully saturated rings. The molecule has 1 aromatic rings. The zero-order valence-corrected chi connectivity index (χ0v) is 12.3. The molecule has 1 atom stereocenters. The number of hydrogen-bond acceptors (Lipinski definition) is 3. The van der Waals surface area contributed by atoms with Gasteiger partial charge in [-0.05, 0) is 67.0 Å². The third kappa shape index (κ3) is 1.76. The number of carbonyl (C=O) groups excluding carboxylic acids is 1. The Morgan fingerprint density at radius 3 is 2.80 bits per heavy atom. The third-order valence-corrected chi connectivity index (χ3v) is 4.77. The van der Waals surface area contributed by atoms with Crippen molar-refractivity contribution < 1.29 is 14.3 Å². The number of esters is 1. The summed E-state index contributed by atoms with van der Waals surface area (Å²) in [5, 5.41) is 0. The van der Waals surface area contributed by atoms with Crippen molar-refractivity contribution in [2.75, 3.05) is 14.2 Å². The average Bonchev–Trinajstić information content (AvgIpc) is 2.85. The van der Waals surface area contributed by atoms with Crippen molar-refractivity contribution >= 4 is 11.5 Å². The first kappa shape index (κ1) is 13.2. The van der Waals surface area contributed by atoms with E-state index in [0.29, 0.717) is 0 Å². The lowest BCUT2D eigenvalue weighted by atomic mass is 9.71. The van der Waals surface area contributed by atoms with Crippen molar-refractivity contribution in [1.82, 2.24) is 0 Å². The fourth-order valence-corrected chi connectivity index (χ4v) is 3.63. The minimum atomic E-state index is -0.464. The van der Waals surface area contributed by atoms with Crippen LogP contribution in [0.15, 0.2) is 23.8 Å². The molecular weight excluding hydrogens is 252 g/mol. The highest BCUT2D eigenvalue weighted by Crippen LogP contribution is 2.51. The lowest BCUT2D eigenvalue weighted by molar-refractivity contribution is -0.150. The first-order chi connectivity index (χ1) is 9.60. The molecule has 0 heterocycles. The summed E-state index contributed by atoms with van der Waals surface area (Å²) in [6, 6.07) is 6.21. The summed E-state index contributed by atoms with van der Waals surface area (Å²) in [5.74, 6) is 0.771. The minimum Gasteiger partial charge on any atom is -0.497 e. The third-order valence-electron chi connectivity index (χ3n) is 4.77. The number of rotatable bonds is 2. The fraction of sp³-hybridized carbons (Fsp3) is 0.471. The van der Waals surface area contributed by atoms with Crippen LogP contribution in [0.3, 0.4) is 0 Å². The van der Waals surface area contributed by atoms with Crippen LogP contribution in [0.1, 0.15) is 37.3 Å². The van der Waals surface area contributed by atoms with Gasteiger partial charge in [0, 0.05) is 0 Å². The van der Waals surface area contributed by atoms with Gasteiger partial charge in [0.25, 0.3) is 0 Å². The first-order valence-electron chi connectivity index (χ1n) is 7.08. The SMILES string of the molecule is COC(=O)C1(C)CCCC2=C1Cc1cc(OC)ccc12. The lowest BCUT2D eigenvalue weighted by Crippen LogP contribution is -2.33. The van der Waals surface area contributed by atoms with Crippen LogP contribution in [0, 0.1) is 5.41 Å². The van der Waals surface area contributed by atoms with Crippen molar-refractivity contribution in [1.29, 1.82) is 0 Å². The summed E-state index contributed by atoms with van der Waals surface area (Å²) in [4.78, 5) is 12.2. The van der Waals surface area contributed by atoms with Gasteiger partial charge >= 0.3 is 5.97 Å². The standard InChI is InChI=1S/C17H20O3/c1-17(16(18)20-3)8-4-5-14-13-7-6-12(19-2)9-11(13)10-15(14)17/h6-7,9H,4-5,8,10H2,1-3H3. The predicted molar refractivity (Wildman–Crippen MR) is 77.6 cm³/mol. The average molecular weight is 272 g/mol. The molecule has 3 heteroatoms. The van der Waals surface area contributed by atoms with Crippen LogP contribution in [-0.2, 0) is 16.0 Å². The molecule has 20 heavy (non-hydrogen) atoms. The number of hydrogen-bond donors (Lipinski definition) is 0. The molecule has 0 aromatic heterocycles. The van der Waals surface area contributed by atoms with Crippen LogP contribution in [0.4, 0.5) is 0 Å². The Bertz CT molecular complexity index is 600. The number of carbonyl (C=O) groups is 1. The number of allylic oxidation sites excluding steroid dienone is 1. The van der Waals surface area contributed by atoms with E-state index in [1.165, 1.54) is 29.4 Å². The number of ether oxygens (including phenoxy) is 2. The first-order valence-corrected chi connectivity index (χ1v) is 7.08. The number of methoxy groups -OCH3 is 2. The molecule has 0 radical (unpaired) electrons. The van der Waals surface area contributed by atoms with E-state index in [0.717, 1.165) is 31.4 Å². The second-order valence-electron chi connectivity index (χ2n) is 5.83. The molecule has 2 aliphatic rings. The van der Waals surface area contributed by atoms with Crippen LogP contribution >= 0.6 is 0 Å². The molecule has 0 aliphatic heterocycles. The fourth-order valence-electron chi connectivity index (χ4n) is 3.63. The topological polar surface area (TPSA) is 35.5 Å². The Labute approximate surface area is 119 Å². The van der Waals surface area contributed by atoms with Gasteiger partial charge in [-0.25, -0.2) is 0 Å². The van der Waals surface area contributed by atoms with Gasteiger partial charge in [0.1, 0.15) is 5.75 Å². The molecule has 0 saturated heterocycles. The van der Waals surface area contributed by atoms with Crippen molar-refractivity contribution in [2.45, 2.75) is 32.6 Å². The van der Waals surface area contributed by atoms with Gasteiger partial charge in [0.05, 0.1) is 19.6 Å². The molecule has 0 bridgehead atoms. The van der Waals surface area contributed by atoms with Crippen LogP contribution in [0.2, 0.25) is 0 Å². The van der Waals surface area contributed by atoms with E-state index in [-0.39, 0.29) is 5.97 Å². The van der Waals surface area contributed by atoms with E-state index >= 15 is 0 Å². The van der Waals surface area contributed by atoms with Crippen LogP contribution < -0.4 is 4.74 Å². The molecule has 2 aliphatic carbocycles. The normalized spacial score (nSPS) is 24.1. The monoisotopic (exact) mass is 272 g/mol. The molecule has 0 spiro atoms. The number of fused-ring (bicyclic) bond motifs is 2. The highest BCUT2D eigenvalue weighted by molar-refractivity contribution is 5.89. The molecule has 3 rings (SSSR count). The Hall–Kier alpha value is -1.77. The molecule has 0 N–H and O–H groups in total. The van der Waals surface area contributed by atoms with Crippen LogP contribution in [0.5, 0.6) is 5.75 Å². The summed E-state index contributed by atoms with van der Waals surface area (Å²) >= 11 is 0. The van der Waals surface area contributed by atoms with E-state index in [2.05, 4.69) is 12.1 Å². The maximum atomic E-state index is 12.2. The van der Waals surface area contributed by atoms with Gasteiger partial charge in [-0.15, -0.1) is 0 Å². The Morgan fingerprint density at radius 2 is 2.10 bits per heavy atom. The Balaban J connectivity index is 2.06. The molecule has 106 valence electrons. The number of benzene rings is 1. The second-order valence-corrected chi connectivity index (χ2v) is 5.83. The van der Waals surface area contributed by atoms with Crippen molar-refractivity contribution in [2.24, 2.45) is 5.41 Å². The molecule has 0 saturated carbocycles. The summed E-state index contributed by atoms with van der Waals surface area (Å²) in [5.41, 5.74) is 4.69. The summed E-state index contributed by atoms with van der Waals surface area (Å²) in [6.45, 7) is 2.02. The van der Waals surface area contributed by atoms with E-state index in [1.54, 1.807) is 7.11 Å². The molecule has 3 nitrogen and oxygen atoms in total. The highest BCUT2D eigenvalue weighted by atomic mass is 16.5. The Kier molecular flexibility index (Phi) is 3.08. The van der Waals surface area contributed by atoms with Crippen molar-refractivity contribution in [3.63, 3.8) is 0 Å². The quantitative estimate of drug-likeness (QED) is 0.774. The zero-order chi connectivity index (χ0) is 14.3. The summed E-state index contributed by atoms with van der Waals surface area (Å²) in [6.07, 6.45) is 3.81. The van der Waals surface area contributed by atoms with Gasteiger partial charge in [-0.2, -0.15) is 0 Å². The van der Waals surface area contributed by atoms with Gasteiger partial charge < -0.3 is 9.47 Å². The largest absolute Gasteiger partial charge is 0.497 e. The van der Waals surface area contributed by atoms with E-state index in [1.807, 2.05) is 13.0 Å². The van der Waals surface area contributed by atoms with Crippen molar-refractivity contribution in [3.8, 4) is 5.75 Å². The zero-order valence-electron chi connectivity index (χ0n) is 12.3. The van der Waals surface area contributed by atoms with E-state index < -0.39 is 5.41 Å². The predicted octanol–water partition coefficient (Wildman–Crippen LogP) is 3.37. The summed E-state index contributed by atoms with van der Waals surface area (Å²) in [7, 11) is 3.16. The van der Waals surface area contributed by atoms with Gasteiger partial charge in [-0.3, -0.25) is 4.79 Å². The van der Waals surface area contributed by atoms with E-state index in [9.17, 15) is 4.79 Å². The smallest absolute Gasteiger partial charge is 0.315 e. The molecule has 1 aromatic carbocycles. The van der Waals surface area contributed by atoms with Gasteiger partial charge in [-0.1, -0.05) is 6.07 Å². The van der Waals surface area contributed by atoms with E-state index in [4.69, 9.17) is 9.47 Å². The van der Waals surface area contributed by atoms with Crippen molar-refractivity contribution in [3.05, 3.63) is 34.9 Å². The van der Waals surface area contributed by atoms with Crippen LogP contribution in [0.25, 0.3) is 5.57 Å². The molecule has 1 unspecified atom stereocenters. The lowest BCUT2D eigenvalue weighted by Gasteiger charge is -2.33. The van der Waals surface area contributed by atoms with Gasteiger partial charge in [0.2, 0.25) is 0 Å². The van der Waals surface area contributed by atoms with Gasteiger partial charge in [0.15, 0.2) is 0 Å². The molecular formula is C17H20O3. The second kappa shape index (κ2) is 4.65. The van der Waals surface area contributed by atoms with Crippen LogP contribution in [-0.4, -0.2) is 20.2 Å². The maximum Gasteiger partial charge on any atom is 0.315 e.